The fourth-order valence-electron chi connectivity index (χ4n) is 2.37. The monoisotopic (exact) mass is 299 g/mol. The van der Waals surface area contributed by atoms with Crippen LogP contribution in [0.3, 0.4) is 0 Å². The van der Waals surface area contributed by atoms with E-state index in [4.69, 9.17) is 0 Å². The lowest BCUT2D eigenvalue weighted by atomic mass is 10.0. The summed E-state index contributed by atoms with van der Waals surface area (Å²) in [7, 11) is 0. The van der Waals surface area contributed by atoms with Crippen LogP contribution >= 0.6 is 11.8 Å². The van der Waals surface area contributed by atoms with Crippen LogP contribution in [0.5, 0.6) is 0 Å². The van der Waals surface area contributed by atoms with Crippen molar-refractivity contribution in [1.29, 1.82) is 0 Å². The van der Waals surface area contributed by atoms with Gasteiger partial charge in [0, 0.05) is 18.7 Å². The van der Waals surface area contributed by atoms with Gasteiger partial charge in [0.1, 0.15) is 11.6 Å². The summed E-state index contributed by atoms with van der Waals surface area (Å²) in [4.78, 5) is 13.9. The zero-order valence-electron chi connectivity index (χ0n) is 11.8. The Bertz CT molecular complexity index is 507. The Morgan fingerprint density at radius 1 is 1.40 bits per heavy atom. The predicted molar refractivity (Wildman–Crippen MR) is 77.7 cm³/mol. The first-order chi connectivity index (χ1) is 9.49. The molecular formula is C15H19F2NOS. The van der Waals surface area contributed by atoms with E-state index < -0.39 is 5.82 Å². The molecule has 0 aliphatic carbocycles. The smallest absolute Gasteiger partial charge is 0.223 e. The van der Waals surface area contributed by atoms with Gasteiger partial charge in [-0.3, -0.25) is 4.79 Å². The molecule has 0 aromatic heterocycles. The molecule has 0 radical (unpaired) electrons. The van der Waals surface area contributed by atoms with Crippen LogP contribution in [0, 0.1) is 18.6 Å². The van der Waals surface area contributed by atoms with Gasteiger partial charge < -0.3 is 4.90 Å². The molecule has 110 valence electrons. The lowest BCUT2D eigenvalue weighted by Gasteiger charge is -2.20. The molecular weight excluding hydrogens is 280 g/mol. The second-order valence-electron chi connectivity index (χ2n) is 5.10. The molecule has 1 aromatic carbocycles. The van der Waals surface area contributed by atoms with E-state index in [0.29, 0.717) is 30.4 Å². The quantitative estimate of drug-likeness (QED) is 0.848. The summed E-state index contributed by atoms with van der Waals surface area (Å²) in [5.41, 5.74) is 0.662. The van der Waals surface area contributed by atoms with Crippen molar-refractivity contribution in [3.8, 4) is 0 Å². The number of carbonyl (C=O) groups excluding carboxylic acids is 1. The number of carbonyl (C=O) groups is 1. The average molecular weight is 299 g/mol. The van der Waals surface area contributed by atoms with Gasteiger partial charge in [-0.15, -0.1) is 11.8 Å². The number of amides is 1. The van der Waals surface area contributed by atoms with Crippen LogP contribution in [-0.2, 0) is 11.2 Å². The Hall–Kier alpha value is -1.10. The minimum atomic E-state index is -0.391. The van der Waals surface area contributed by atoms with Crippen LogP contribution in [-0.4, -0.2) is 28.5 Å². The Morgan fingerprint density at radius 2 is 2.15 bits per heavy atom. The first kappa shape index (κ1) is 15.3. The van der Waals surface area contributed by atoms with Crippen molar-refractivity contribution in [1.82, 2.24) is 4.90 Å². The van der Waals surface area contributed by atoms with Crippen LogP contribution < -0.4 is 0 Å². The van der Waals surface area contributed by atoms with E-state index in [1.165, 1.54) is 19.1 Å². The van der Waals surface area contributed by atoms with Gasteiger partial charge in [0.25, 0.3) is 0 Å². The van der Waals surface area contributed by atoms with E-state index in [9.17, 15) is 13.6 Å². The topological polar surface area (TPSA) is 20.3 Å². The molecule has 1 heterocycles. The van der Waals surface area contributed by atoms with E-state index in [1.54, 1.807) is 11.8 Å². The van der Waals surface area contributed by atoms with Crippen LogP contribution in [0.15, 0.2) is 12.1 Å². The minimum Gasteiger partial charge on any atom is -0.330 e. The van der Waals surface area contributed by atoms with E-state index in [1.807, 2.05) is 11.8 Å². The molecule has 1 atom stereocenters. The van der Waals surface area contributed by atoms with Gasteiger partial charge in [-0.1, -0.05) is 0 Å². The number of nitrogens with zero attached hydrogens (tertiary/aromatic N) is 1. The predicted octanol–water partition coefficient (Wildman–Crippen LogP) is 3.52. The molecule has 0 unspecified atom stereocenters. The lowest BCUT2D eigenvalue weighted by Crippen LogP contribution is -2.32. The number of benzene rings is 1. The maximum absolute atomic E-state index is 13.7. The van der Waals surface area contributed by atoms with Crippen molar-refractivity contribution < 1.29 is 13.6 Å². The first-order valence-corrected chi connectivity index (χ1v) is 7.89. The third-order valence-electron chi connectivity index (χ3n) is 3.61. The van der Waals surface area contributed by atoms with E-state index >= 15 is 0 Å². The van der Waals surface area contributed by atoms with Gasteiger partial charge in [-0.05, 0) is 49.9 Å². The van der Waals surface area contributed by atoms with E-state index in [0.717, 1.165) is 12.3 Å². The Kier molecular flexibility index (Phi) is 5.02. The van der Waals surface area contributed by atoms with Gasteiger partial charge in [0.05, 0.1) is 5.37 Å². The molecule has 1 amide bonds. The summed E-state index contributed by atoms with van der Waals surface area (Å²) in [6.07, 6.45) is 1.33. The highest BCUT2D eigenvalue weighted by Gasteiger charge is 2.24. The zero-order chi connectivity index (χ0) is 14.7. The second-order valence-corrected chi connectivity index (χ2v) is 6.53. The van der Waals surface area contributed by atoms with E-state index in [2.05, 4.69) is 0 Å². The molecule has 1 aromatic rings. The van der Waals surface area contributed by atoms with E-state index in [-0.39, 0.29) is 17.1 Å². The van der Waals surface area contributed by atoms with Gasteiger partial charge in [-0.25, -0.2) is 8.78 Å². The van der Waals surface area contributed by atoms with Gasteiger partial charge >= 0.3 is 0 Å². The van der Waals surface area contributed by atoms with Gasteiger partial charge in [0.15, 0.2) is 0 Å². The zero-order valence-corrected chi connectivity index (χ0v) is 12.6. The molecule has 2 rings (SSSR count). The molecule has 1 aliphatic rings. The molecule has 0 bridgehead atoms. The largest absolute Gasteiger partial charge is 0.330 e. The maximum Gasteiger partial charge on any atom is 0.223 e. The number of thioether (sulfide) groups is 1. The van der Waals surface area contributed by atoms with Crippen molar-refractivity contribution in [3.05, 3.63) is 34.9 Å². The number of hydrogen-bond donors (Lipinski definition) is 0. The van der Waals surface area contributed by atoms with Crippen molar-refractivity contribution >= 4 is 17.7 Å². The summed E-state index contributed by atoms with van der Waals surface area (Å²) in [6.45, 7) is 4.35. The molecule has 0 N–H and O–H groups in total. The minimum absolute atomic E-state index is 0.107. The van der Waals surface area contributed by atoms with Crippen LogP contribution in [0.2, 0.25) is 0 Å². The van der Waals surface area contributed by atoms with Gasteiger partial charge in [0.2, 0.25) is 5.91 Å². The molecule has 1 aliphatic heterocycles. The van der Waals surface area contributed by atoms with Crippen molar-refractivity contribution in [2.75, 3.05) is 12.3 Å². The fraction of sp³-hybridized carbons (Fsp3) is 0.533. The highest BCUT2D eigenvalue weighted by molar-refractivity contribution is 8.00. The second kappa shape index (κ2) is 6.57. The summed E-state index contributed by atoms with van der Waals surface area (Å²) in [6, 6.07) is 2.45. The number of aryl methyl sites for hydroxylation is 2. The Labute approximate surface area is 122 Å². The molecule has 20 heavy (non-hydrogen) atoms. The SMILES string of the molecule is Cc1cc(F)c(CCCC(=O)N2CCS[C@H]2C)cc1F. The maximum atomic E-state index is 13.7. The van der Waals surface area contributed by atoms with Crippen LogP contribution in [0.1, 0.15) is 30.9 Å². The summed E-state index contributed by atoms with van der Waals surface area (Å²) < 4.78 is 27.0. The lowest BCUT2D eigenvalue weighted by molar-refractivity contribution is -0.131. The Morgan fingerprint density at radius 3 is 2.80 bits per heavy atom. The first-order valence-electron chi connectivity index (χ1n) is 6.84. The average Bonchev–Trinajstić information content (AvgIpc) is 2.81. The number of halogens is 2. The molecule has 0 saturated carbocycles. The molecule has 1 fully saturated rings. The molecule has 5 heteroatoms. The molecule has 2 nitrogen and oxygen atoms in total. The van der Waals surface area contributed by atoms with Gasteiger partial charge in [-0.2, -0.15) is 0 Å². The number of rotatable bonds is 4. The summed E-state index contributed by atoms with van der Waals surface area (Å²) in [5, 5.41) is 0.232. The van der Waals surface area contributed by atoms with Crippen molar-refractivity contribution in [3.63, 3.8) is 0 Å². The highest BCUT2D eigenvalue weighted by atomic mass is 32.2. The Balaban J connectivity index is 1.87. The molecule has 1 saturated heterocycles. The standard InChI is InChI=1S/C15H19F2NOS/c1-10-8-14(17)12(9-13(10)16)4-3-5-15(19)18-6-7-20-11(18)2/h8-9,11H,3-7H2,1-2H3/t11-/m0/s1. The fourth-order valence-corrected chi connectivity index (χ4v) is 3.42. The van der Waals surface area contributed by atoms with Crippen LogP contribution in [0.25, 0.3) is 0 Å². The van der Waals surface area contributed by atoms with Crippen molar-refractivity contribution in [2.45, 2.75) is 38.5 Å². The number of hydrogen-bond acceptors (Lipinski definition) is 2. The van der Waals surface area contributed by atoms with Crippen molar-refractivity contribution in [2.24, 2.45) is 0 Å². The normalized spacial score (nSPS) is 18.6. The summed E-state index contributed by atoms with van der Waals surface area (Å²) in [5.74, 6) is 0.305. The molecule has 0 spiro atoms. The third-order valence-corrected chi connectivity index (χ3v) is 4.77. The van der Waals surface area contributed by atoms with Crippen LogP contribution in [0.4, 0.5) is 8.78 Å². The summed E-state index contributed by atoms with van der Waals surface area (Å²) >= 11 is 1.77. The highest BCUT2D eigenvalue weighted by Crippen LogP contribution is 2.24. The third kappa shape index (κ3) is 3.51.